The Hall–Kier alpha value is -1.49. The maximum Gasteiger partial charge on any atom is 0.263 e. The van der Waals surface area contributed by atoms with Gasteiger partial charge >= 0.3 is 0 Å². The highest BCUT2D eigenvalue weighted by atomic mass is 19.1. The number of alkyl halides is 1. The second kappa shape index (κ2) is 4.17. The van der Waals surface area contributed by atoms with E-state index in [1.165, 1.54) is 24.3 Å². The van der Waals surface area contributed by atoms with E-state index < -0.39 is 17.4 Å². The summed E-state index contributed by atoms with van der Waals surface area (Å²) in [7, 11) is 0. The Morgan fingerprint density at radius 1 is 1.38 bits per heavy atom. The third-order valence-electron chi connectivity index (χ3n) is 2.61. The van der Waals surface area contributed by atoms with E-state index >= 15 is 0 Å². The molecule has 2 rings (SSSR count). The molecular formula is C11H12F2N2O. The number of nitrogens with one attached hydrogen (secondary N) is 2. The zero-order valence-electron chi connectivity index (χ0n) is 8.59. The van der Waals surface area contributed by atoms with Crippen LogP contribution in [0.3, 0.4) is 0 Å². The van der Waals surface area contributed by atoms with Gasteiger partial charge in [0.2, 0.25) is 5.67 Å². The van der Waals surface area contributed by atoms with Crippen molar-refractivity contribution >= 4 is 11.6 Å². The average Bonchev–Trinajstić information content (AvgIpc) is 2.70. The number of halogens is 2. The Bertz CT molecular complexity index is 385. The van der Waals surface area contributed by atoms with Gasteiger partial charge in [0.05, 0.1) is 0 Å². The summed E-state index contributed by atoms with van der Waals surface area (Å²) in [6, 6.07) is 5.23. The first-order valence-corrected chi connectivity index (χ1v) is 5.07. The summed E-state index contributed by atoms with van der Waals surface area (Å²) in [4.78, 5) is 11.6. The molecule has 1 saturated heterocycles. The molecule has 0 aliphatic carbocycles. The minimum atomic E-state index is -1.85. The van der Waals surface area contributed by atoms with Gasteiger partial charge in [-0.15, -0.1) is 0 Å². The molecule has 86 valence electrons. The van der Waals surface area contributed by atoms with Crippen LogP contribution in [0.4, 0.5) is 14.5 Å². The third kappa shape index (κ3) is 2.19. The normalized spacial score (nSPS) is 24.4. The van der Waals surface area contributed by atoms with Crippen LogP contribution in [-0.4, -0.2) is 24.7 Å². The second-order valence-electron chi connectivity index (χ2n) is 3.85. The van der Waals surface area contributed by atoms with Crippen molar-refractivity contribution in [3.63, 3.8) is 0 Å². The van der Waals surface area contributed by atoms with Gasteiger partial charge in [-0.1, -0.05) is 0 Å². The van der Waals surface area contributed by atoms with Crippen molar-refractivity contribution in [2.24, 2.45) is 0 Å². The molecule has 1 aliphatic heterocycles. The first-order chi connectivity index (χ1) is 7.60. The van der Waals surface area contributed by atoms with Gasteiger partial charge in [-0.25, -0.2) is 8.78 Å². The van der Waals surface area contributed by atoms with Crippen LogP contribution in [0.2, 0.25) is 0 Å². The zero-order valence-corrected chi connectivity index (χ0v) is 8.59. The predicted molar refractivity (Wildman–Crippen MR) is 56.4 cm³/mol. The van der Waals surface area contributed by atoms with Gasteiger partial charge in [-0.3, -0.25) is 4.79 Å². The fourth-order valence-electron chi connectivity index (χ4n) is 1.63. The van der Waals surface area contributed by atoms with Crippen LogP contribution in [0.5, 0.6) is 0 Å². The van der Waals surface area contributed by atoms with Crippen LogP contribution in [0, 0.1) is 5.82 Å². The Morgan fingerprint density at radius 2 is 2.06 bits per heavy atom. The fourth-order valence-corrected chi connectivity index (χ4v) is 1.63. The minimum Gasteiger partial charge on any atom is -0.323 e. The second-order valence-corrected chi connectivity index (χ2v) is 3.85. The van der Waals surface area contributed by atoms with Gasteiger partial charge in [0.25, 0.3) is 5.91 Å². The van der Waals surface area contributed by atoms with Crippen molar-refractivity contribution in [2.45, 2.75) is 12.1 Å². The molecule has 0 spiro atoms. The Labute approximate surface area is 91.8 Å². The molecule has 2 N–H and O–H groups in total. The third-order valence-corrected chi connectivity index (χ3v) is 2.61. The van der Waals surface area contributed by atoms with Gasteiger partial charge in [-0.2, -0.15) is 0 Å². The van der Waals surface area contributed by atoms with Gasteiger partial charge in [0.15, 0.2) is 0 Å². The summed E-state index contributed by atoms with van der Waals surface area (Å²) in [5.41, 5.74) is -1.45. The lowest BCUT2D eigenvalue weighted by molar-refractivity contribution is -0.126. The molecule has 1 amide bonds. The van der Waals surface area contributed by atoms with E-state index in [-0.39, 0.29) is 13.0 Å². The number of anilines is 1. The molecule has 1 fully saturated rings. The first kappa shape index (κ1) is 11.0. The van der Waals surface area contributed by atoms with E-state index in [0.29, 0.717) is 12.2 Å². The monoisotopic (exact) mass is 226 g/mol. The fraction of sp³-hybridized carbons (Fsp3) is 0.364. The summed E-state index contributed by atoms with van der Waals surface area (Å²) < 4.78 is 26.5. The largest absolute Gasteiger partial charge is 0.323 e. The number of hydrogen-bond acceptors (Lipinski definition) is 2. The average molecular weight is 226 g/mol. The van der Waals surface area contributed by atoms with Crippen molar-refractivity contribution < 1.29 is 13.6 Å². The molecule has 0 radical (unpaired) electrons. The van der Waals surface area contributed by atoms with Gasteiger partial charge in [-0.05, 0) is 30.8 Å². The zero-order chi connectivity index (χ0) is 11.6. The highest BCUT2D eigenvalue weighted by molar-refractivity contribution is 5.97. The van der Waals surface area contributed by atoms with Gasteiger partial charge in [0.1, 0.15) is 5.82 Å². The Balaban J connectivity index is 2.04. The van der Waals surface area contributed by atoms with Crippen molar-refractivity contribution in [3.05, 3.63) is 30.1 Å². The lowest BCUT2D eigenvalue weighted by Gasteiger charge is -2.17. The number of carbonyl (C=O) groups excluding carboxylic acids is 1. The molecule has 0 bridgehead atoms. The van der Waals surface area contributed by atoms with Crippen molar-refractivity contribution in [2.75, 3.05) is 18.4 Å². The lowest BCUT2D eigenvalue weighted by Crippen LogP contribution is -2.40. The lowest BCUT2D eigenvalue weighted by atomic mass is 10.0. The molecule has 0 saturated carbocycles. The van der Waals surface area contributed by atoms with E-state index in [1.807, 2.05) is 0 Å². The van der Waals surface area contributed by atoms with E-state index in [4.69, 9.17) is 0 Å². The van der Waals surface area contributed by atoms with Crippen LogP contribution in [0.25, 0.3) is 0 Å². The molecule has 16 heavy (non-hydrogen) atoms. The quantitative estimate of drug-likeness (QED) is 0.801. The number of rotatable bonds is 2. The topological polar surface area (TPSA) is 41.1 Å². The van der Waals surface area contributed by atoms with Crippen LogP contribution in [0.1, 0.15) is 6.42 Å². The summed E-state index contributed by atoms with van der Waals surface area (Å²) >= 11 is 0. The number of carbonyl (C=O) groups is 1. The highest BCUT2D eigenvalue weighted by Crippen LogP contribution is 2.22. The molecule has 1 atom stereocenters. The maximum atomic E-state index is 13.9. The minimum absolute atomic E-state index is 0.0278. The van der Waals surface area contributed by atoms with E-state index in [1.54, 1.807) is 0 Å². The van der Waals surface area contributed by atoms with E-state index in [2.05, 4.69) is 10.6 Å². The molecule has 1 heterocycles. The molecule has 1 aliphatic rings. The molecule has 5 heteroatoms. The number of amides is 1. The van der Waals surface area contributed by atoms with E-state index in [9.17, 15) is 13.6 Å². The van der Waals surface area contributed by atoms with Crippen LogP contribution >= 0.6 is 0 Å². The molecule has 3 nitrogen and oxygen atoms in total. The SMILES string of the molecule is O=C(Nc1ccc(F)cc1)C1(F)CCNC1. The summed E-state index contributed by atoms with van der Waals surface area (Å²) in [6.45, 7) is 0.521. The Kier molecular flexibility index (Phi) is 2.87. The van der Waals surface area contributed by atoms with Crippen LogP contribution < -0.4 is 10.6 Å². The predicted octanol–water partition coefficient (Wildman–Crippen LogP) is 1.47. The molecule has 1 aromatic carbocycles. The summed E-state index contributed by atoms with van der Waals surface area (Å²) in [6.07, 6.45) is 0.167. The first-order valence-electron chi connectivity index (χ1n) is 5.07. The van der Waals surface area contributed by atoms with Crippen LogP contribution in [-0.2, 0) is 4.79 Å². The molecule has 0 aromatic heterocycles. The van der Waals surface area contributed by atoms with Crippen molar-refractivity contribution in [3.8, 4) is 0 Å². The summed E-state index contributed by atoms with van der Waals surface area (Å²) in [5, 5.41) is 5.22. The Morgan fingerprint density at radius 3 is 2.62 bits per heavy atom. The van der Waals surface area contributed by atoms with Gasteiger partial charge in [0, 0.05) is 18.7 Å². The van der Waals surface area contributed by atoms with Crippen molar-refractivity contribution in [1.29, 1.82) is 0 Å². The van der Waals surface area contributed by atoms with E-state index in [0.717, 1.165) is 0 Å². The van der Waals surface area contributed by atoms with Crippen molar-refractivity contribution in [1.82, 2.24) is 5.32 Å². The number of hydrogen-bond donors (Lipinski definition) is 2. The molecular weight excluding hydrogens is 214 g/mol. The summed E-state index contributed by atoms with van der Waals surface area (Å²) in [5.74, 6) is -1.07. The maximum absolute atomic E-state index is 13.9. The number of benzene rings is 1. The van der Waals surface area contributed by atoms with Gasteiger partial charge < -0.3 is 10.6 Å². The smallest absolute Gasteiger partial charge is 0.263 e. The standard InChI is InChI=1S/C11H12F2N2O/c12-8-1-3-9(4-2-8)15-10(16)11(13)5-6-14-7-11/h1-4,14H,5-7H2,(H,15,16). The highest BCUT2D eigenvalue weighted by Gasteiger charge is 2.41. The molecule has 1 unspecified atom stereocenters. The molecule has 1 aromatic rings. The van der Waals surface area contributed by atoms with Crippen LogP contribution in [0.15, 0.2) is 24.3 Å².